The summed E-state index contributed by atoms with van der Waals surface area (Å²) in [6.45, 7) is 7.02. The third kappa shape index (κ3) is 3.10. The van der Waals surface area contributed by atoms with Gasteiger partial charge in [-0.2, -0.15) is 0 Å². The van der Waals surface area contributed by atoms with Crippen molar-refractivity contribution in [2.75, 3.05) is 18.5 Å². The summed E-state index contributed by atoms with van der Waals surface area (Å²) in [6, 6.07) is 7.72. The summed E-state index contributed by atoms with van der Waals surface area (Å²) in [5, 5.41) is 3.43. The summed E-state index contributed by atoms with van der Waals surface area (Å²) in [5.74, 6) is 0. The van der Waals surface area contributed by atoms with Crippen molar-refractivity contribution in [3.8, 4) is 0 Å². The lowest BCUT2D eigenvalue weighted by Crippen LogP contribution is -2.41. The van der Waals surface area contributed by atoms with Gasteiger partial charge < -0.3 is 5.32 Å². The second-order valence-electron chi connectivity index (χ2n) is 5.19. The smallest absolute Gasteiger partial charge is 0.327 e. The van der Waals surface area contributed by atoms with Crippen LogP contribution in [-0.2, 0) is 0 Å². The Balaban J connectivity index is 2.32. The molecule has 0 bridgehead atoms. The van der Waals surface area contributed by atoms with Gasteiger partial charge in [-0.15, -0.1) is 0 Å². The van der Waals surface area contributed by atoms with E-state index in [0.29, 0.717) is 0 Å². The van der Waals surface area contributed by atoms with Gasteiger partial charge in [0.15, 0.2) is 5.17 Å². The fourth-order valence-corrected chi connectivity index (χ4v) is 2.84. The van der Waals surface area contributed by atoms with E-state index in [9.17, 15) is 4.79 Å². The molecule has 0 atom stereocenters. The number of benzene rings is 1. The van der Waals surface area contributed by atoms with Gasteiger partial charge in [-0.25, -0.2) is 9.69 Å². The molecule has 1 aromatic carbocycles. The fraction of sp³-hybridized carbons (Fsp3) is 0.429. The molecule has 0 fully saturated rings. The number of amidine groups is 1. The number of nitrogens with one attached hydrogen (secondary N) is 1. The number of hydrogen-bond donors (Lipinski definition) is 1. The van der Waals surface area contributed by atoms with Gasteiger partial charge in [0, 0.05) is 11.8 Å². The fourth-order valence-electron chi connectivity index (χ4n) is 1.81. The molecule has 2 amide bonds. The molecular weight excluding hydrogens is 258 g/mol. The van der Waals surface area contributed by atoms with Crippen molar-refractivity contribution < 1.29 is 4.79 Å². The minimum absolute atomic E-state index is 0.0479. The highest BCUT2D eigenvalue weighted by Crippen LogP contribution is 2.35. The van der Waals surface area contributed by atoms with Gasteiger partial charge in [0.25, 0.3) is 0 Å². The largest absolute Gasteiger partial charge is 0.340 e. The third-order valence-electron chi connectivity index (χ3n) is 2.86. The molecule has 1 aliphatic rings. The van der Waals surface area contributed by atoms with Gasteiger partial charge in [0.05, 0.1) is 12.2 Å². The van der Waals surface area contributed by atoms with E-state index < -0.39 is 0 Å². The molecule has 1 N–H and O–H groups in total. The molecule has 102 valence electrons. The van der Waals surface area contributed by atoms with Crippen LogP contribution in [0.15, 0.2) is 29.3 Å². The lowest BCUT2D eigenvalue weighted by Gasteiger charge is -2.23. The molecule has 4 nitrogen and oxygen atoms in total. The van der Waals surface area contributed by atoms with Gasteiger partial charge in [0.1, 0.15) is 0 Å². The molecule has 2 rings (SSSR count). The quantitative estimate of drug-likeness (QED) is 0.857. The summed E-state index contributed by atoms with van der Waals surface area (Å²) < 4.78 is 0.0479. The van der Waals surface area contributed by atoms with Gasteiger partial charge in [0.2, 0.25) is 0 Å². The molecule has 0 aliphatic carbocycles. The van der Waals surface area contributed by atoms with Crippen molar-refractivity contribution in [3.63, 3.8) is 0 Å². The van der Waals surface area contributed by atoms with E-state index in [1.54, 1.807) is 23.7 Å². The highest BCUT2D eigenvalue weighted by Gasteiger charge is 2.33. The highest BCUT2D eigenvalue weighted by molar-refractivity contribution is 8.15. The molecule has 19 heavy (non-hydrogen) atoms. The molecule has 1 aromatic rings. The van der Waals surface area contributed by atoms with Crippen LogP contribution in [0.5, 0.6) is 0 Å². The van der Waals surface area contributed by atoms with E-state index in [1.165, 1.54) is 5.56 Å². The number of carbonyl (C=O) groups is 1. The number of hydrogen-bond acceptors (Lipinski definition) is 3. The maximum Gasteiger partial charge on any atom is 0.327 e. The Labute approximate surface area is 118 Å². The first-order valence-electron chi connectivity index (χ1n) is 6.25. The van der Waals surface area contributed by atoms with E-state index >= 15 is 0 Å². The van der Waals surface area contributed by atoms with Crippen molar-refractivity contribution in [1.82, 2.24) is 5.32 Å². The summed E-state index contributed by atoms with van der Waals surface area (Å²) in [7, 11) is 1.63. The molecule has 0 spiro atoms. The number of aryl methyl sites for hydroxylation is 1. The first kappa shape index (κ1) is 13.9. The first-order chi connectivity index (χ1) is 8.93. The minimum atomic E-state index is -0.159. The highest BCUT2D eigenvalue weighted by atomic mass is 32.2. The Bertz CT molecular complexity index is 508. The number of carbonyl (C=O) groups excluding carboxylic acids is 1. The van der Waals surface area contributed by atoms with Crippen LogP contribution in [-0.4, -0.2) is 29.5 Å². The number of urea groups is 1. The minimum Gasteiger partial charge on any atom is -0.340 e. The van der Waals surface area contributed by atoms with Crippen LogP contribution < -0.4 is 10.2 Å². The average molecular weight is 277 g/mol. The van der Waals surface area contributed by atoms with E-state index in [0.717, 1.165) is 17.4 Å². The van der Waals surface area contributed by atoms with Crippen LogP contribution in [0, 0.1) is 6.92 Å². The number of amides is 2. The normalized spacial score (nSPS) is 16.9. The van der Waals surface area contributed by atoms with Crippen molar-refractivity contribution >= 4 is 28.6 Å². The van der Waals surface area contributed by atoms with E-state index in [-0.39, 0.29) is 10.8 Å². The molecule has 0 saturated heterocycles. The van der Waals surface area contributed by atoms with Gasteiger partial charge in [-0.05, 0) is 32.9 Å². The maximum absolute atomic E-state index is 12.1. The van der Waals surface area contributed by atoms with Gasteiger partial charge in [-0.1, -0.05) is 29.5 Å². The molecule has 0 unspecified atom stereocenters. The molecule has 0 aromatic heterocycles. The number of nitrogens with zero attached hydrogens (tertiary/aromatic N) is 2. The van der Waals surface area contributed by atoms with Crippen molar-refractivity contribution in [2.45, 2.75) is 25.5 Å². The van der Waals surface area contributed by atoms with E-state index in [2.05, 4.69) is 24.2 Å². The molecule has 0 saturated carbocycles. The zero-order valence-electron chi connectivity index (χ0n) is 11.7. The zero-order chi connectivity index (χ0) is 14.0. The predicted molar refractivity (Wildman–Crippen MR) is 82.1 cm³/mol. The Kier molecular flexibility index (Phi) is 3.85. The summed E-state index contributed by atoms with van der Waals surface area (Å²) in [5.41, 5.74) is 2.01. The Morgan fingerprint density at radius 3 is 2.47 bits per heavy atom. The van der Waals surface area contributed by atoms with Crippen LogP contribution in [0.1, 0.15) is 19.4 Å². The Morgan fingerprint density at radius 2 is 2.00 bits per heavy atom. The SMILES string of the molecule is CNC(=O)N(C1=NCC(C)(C)S1)c1ccc(C)cc1. The molecule has 1 aliphatic heterocycles. The van der Waals surface area contributed by atoms with E-state index in [1.807, 2.05) is 31.2 Å². The van der Waals surface area contributed by atoms with Crippen LogP contribution >= 0.6 is 11.8 Å². The molecule has 5 heteroatoms. The monoisotopic (exact) mass is 277 g/mol. The Morgan fingerprint density at radius 1 is 1.37 bits per heavy atom. The molecule has 0 radical (unpaired) electrons. The molecular formula is C14H19N3OS. The second-order valence-corrected chi connectivity index (χ2v) is 6.86. The number of anilines is 1. The number of rotatable bonds is 1. The van der Waals surface area contributed by atoms with Crippen molar-refractivity contribution in [3.05, 3.63) is 29.8 Å². The van der Waals surface area contributed by atoms with Gasteiger partial charge >= 0.3 is 6.03 Å². The third-order valence-corrected chi connectivity index (χ3v) is 4.04. The van der Waals surface area contributed by atoms with Crippen molar-refractivity contribution in [1.29, 1.82) is 0 Å². The average Bonchev–Trinajstić information content (AvgIpc) is 2.72. The Hall–Kier alpha value is -1.49. The predicted octanol–water partition coefficient (Wildman–Crippen LogP) is 3.02. The number of thioether (sulfide) groups is 1. The van der Waals surface area contributed by atoms with Crippen LogP contribution in [0.25, 0.3) is 0 Å². The first-order valence-corrected chi connectivity index (χ1v) is 7.06. The van der Waals surface area contributed by atoms with Crippen LogP contribution in [0.3, 0.4) is 0 Å². The maximum atomic E-state index is 12.1. The van der Waals surface area contributed by atoms with Crippen LogP contribution in [0.2, 0.25) is 0 Å². The van der Waals surface area contributed by atoms with Gasteiger partial charge in [-0.3, -0.25) is 4.99 Å². The second kappa shape index (κ2) is 5.25. The molecule has 1 heterocycles. The lowest BCUT2D eigenvalue weighted by atomic mass is 10.2. The lowest BCUT2D eigenvalue weighted by molar-refractivity contribution is 0.251. The van der Waals surface area contributed by atoms with E-state index in [4.69, 9.17) is 0 Å². The topological polar surface area (TPSA) is 44.7 Å². The summed E-state index contributed by atoms with van der Waals surface area (Å²) >= 11 is 1.63. The summed E-state index contributed by atoms with van der Waals surface area (Å²) in [6.07, 6.45) is 0. The number of aliphatic imine (C=N–C) groups is 1. The standard InChI is InChI=1S/C14H19N3OS/c1-10-5-7-11(8-6-10)17(12(18)15-4)13-16-9-14(2,3)19-13/h5-8H,9H2,1-4H3,(H,15,18). The zero-order valence-corrected chi connectivity index (χ0v) is 12.5. The van der Waals surface area contributed by atoms with Crippen LogP contribution in [0.4, 0.5) is 10.5 Å². The summed E-state index contributed by atoms with van der Waals surface area (Å²) in [4.78, 5) is 18.3. The van der Waals surface area contributed by atoms with Crippen molar-refractivity contribution in [2.24, 2.45) is 4.99 Å².